The molecule has 0 atom stereocenters. The third-order valence-electron chi connectivity index (χ3n) is 6.30. The fourth-order valence-corrected chi connectivity index (χ4v) is 4.37. The predicted molar refractivity (Wildman–Crippen MR) is 120 cm³/mol. The van der Waals surface area contributed by atoms with Crippen molar-refractivity contribution in [3.8, 4) is 11.5 Å². The lowest BCUT2D eigenvalue weighted by molar-refractivity contribution is 0.228. The molecule has 28 heavy (non-hydrogen) atoms. The van der Waals surface area contributed by atoms with Gasteiger partial charge in [0.05, 0.1) is 13.2 Å². The Bertz CT molecular complexity index is 474. The molecule has 0 heterocycles. The Kier molecular flexibility index (Phi) is 12.2. The van der Waals surface area contributed by atoms with Crippen LogP contribution in [-0.4, -0.2) is 13.2 Å². The van der Waals surface area contributed by atoms with Crippen LogP contribution < -0.4 is 9.47 Å². The van der Waals surface area contributed by atoms with E-state index < -0.39 is 0 Å². The standard InChI is InChI=1S/C26H44O2/c1-3-5-7-8-9-11-23-13-15-24(16-14-23)12-10-22-28-26-19-17-25(18-20-26)27-21-6-4-2/h17-20,23-24H,3-16,21-22H2,1-2H3. The smallest absolute Gasteiger partial charge is 0.119 e. The van der Waals surface area contributed by atoms with Gasteiger partial charge < -0.3 is 9.47 Å². The molecular weight excluding hydrogens is 344 g/mol. The Morgan fingerprint density at radius 2 is 1.07 bits per heavy atom. The molecule has 0 aliphatic heterocycles. The summed E-state index contributed by atoms with van der Waals surface area (Å²) in [6.07, 6.45) is 19.3. The van der Waals surface area contributed by atoms with Crippen LogP contribution in [-0.2, 0) is 0 Å². The van der Waals surface area contributed by atoms with Gasteiger partial charge in [-0.25, -0.2) is 0 Å². The summed E-state index contributed by atoms with van der Waals surface area (Å²) in [5.74, 6) is 3.87. The second kappa shape index (κ2) is 14.8. The molecule has 1 aliphatic rings. The minimum Gasteiger partial charge on any atom is -0.494 e. The van der Waals surface area contributed by atoms with Crippen molar-refractivity contribution < 1.29 is 9.47 Å². The molecule has 0 radical (unpaired) electrons. The van der Waals surface area contributed by atoms with E-state index in [1.165, 1.54) is 83.5 Å². The number of hydrogen-bond donors (Lipinski definition) is 0. The molecule has 1 fully saturated rings. The zero-order valence-corrected chi connectivity index (χ0v) is 18.6. The summed E-state index contributed by atoms with van der Waals surface area (Å²) in [6.45, 7) is 6.12. The van der Waals surface area contributed by atoms with Gasteiger partial charge in [-0.2, -0.15) is 0 Å². The van der Waals surface area contributed by atoms with Crippen LogP contribution in [0.4, 0.5) is 0 Å². The Hall–Kier alpha value is -1.18. The maximum atomic E-state index is 5.93. The van der Waals surface area contributed by atoms with Gasteiger partial charge in [-0.1, -0.05) is 84.5 Å². The Balaban J connectivity index is 1.49. The first-order valence-electron chi connectivity index (χ1n) is 12.2. The molecule has 1 aliphatic carbocycles. The van der Waals surface area contributed by atoms with E-state index in [1.54, 1.807) is 0 Å². The third kappa shape index (κ3) is 9.85. The van der Waals surface area contributed by atoms with E-state index in [4.69, 9.17) is 9.47 Å². The molecule has 2 heteroatoms. The maximum Gasteiger partial charge on any atom is 0.119 e. The molecule has 2 nitrogen and oxygen atoms in total. The number of ether oxygens (including phenoxy) is 2. The number of rotatable bonds is 15. The molecular formula is C26H44O2. The average Bonchev–Trinajstić information content (AvgIpc) is 2.73. The van der Waals surface area contributed by atoms with Gasteiger partial charge in [-0.15, -0.1) is 0 Å². The number of hydrogen-bond acceptors (Lipinski definition) is 2. The summed E-state index contributed by atoms with van der Waals surface area (Å²) in [5.41, 5.74) is 0. The molecule has 1 saturated carbocycles. The number of benzene rings is 1. The van der Waals surface area contributed by atoms with Crippen molar-refractivity contribution in [1.29, 1.82) is 0 Å². The molecule has 0 N–H and O–H groups in total. The molecule has 0 bridgehead atoms. The Morgan fingerprint density at radius 1 is 0.607 bits per heavy atom. The summed E-state index contributed by atoms with van der Waals surface area (Å²) in [7, 11) is 0. The number of unbranched alkanes of at least 4 members (excludes halogenated alkanes) is 5. The van der Waals surface area contributed by atoms with E-state index in [-0.39, 0.29) is 0 Å². The van der Waals surface area contributed by atoms with Gasteiger partial charge in [0, 0.05) is 0 Å². The van der Waals surface area contributed by atoms with Crippen molar-refractivity contribution in [3.63, 3.8) is 0 Å². The minimum absolute atomic E-state index is 0.803. The van der Waals surface area contributed by atoms with E-state index in [2.05, 4.69) is 13.8 Å². The summed E-state index contributed by atoms with van der Waals surface area (Å²) >= 11 is 0. The zero-order chi connectivity index (χ0) is 19.9. The second-order valence-electron chi connectivity index (χ2n) is 8.75. The molecule has 0 spiro atoms. The second-order valence-corrected chi connectivity index (χ2v) is 8.75. The SMILES string of the molecule is CCCCCCCC1CCC(CCCOc2ccc(OCCCC)cc2)CC1. The van der Waals surface area contributed by atoms with Crippen LogP contribution in [0.1, 0.15) is 104 Å². The van der Waals surface area contributed by atoms with Crippen molar-refractivity contribution in [1.82, 2.24) is 0 Å². The van der Waals surface area contributed by atoms with E-state index in [1.807, 2.05) is 24.3 Å². The largest absolute Gasteiger partial charge is 0.494 e. The van der Waals surface area contributed by atoms with Gasteiger partial charge in [0.25, 0.3) is 0 Å². The zero-order valence-electron chi connectivity index (χ0n) is 18.6. The van der Waals surface area contributed by atoms with Gasteiger partial charge in [0.2, 0.25) is 0 Å². The lowest BCUT2D eigenvalue weighted by Crippen LogP contribution is -2.15. The van der Waals surface area contributed by atoms with Crippen LogP contribution >= 0.6 is 0 Å². The van der Waals surface area contributed by atoms with Crippen molar-refractivity contribution in [2.24, 2.45) is 11.8 Å². The van der Waals surface area contributed by atoms with Gasteiger partial charge in [0.1, 0.15) is 11.5 Å². The Morgan fingerprint density at radius 3 is 1.61 bits per heavy atom. The lowest BCUT2D eigenvalue weighted by atomic mass is 9.78. The minimum atomic E-state index is 0.803. The van der Waals surface area contributed by atoms with Crippen LogP contribution in [0.2, 0.25) is 0 Å². The van der Waals surface area contributed by atoms with Gasteiger partial charge in [0.15, 0.2) is 0 Å². The van der Waals surface area contributed by atoms with Crippen LogP contribution in [0.15, 0.2) is 24.3 Å². The molecule has 0 aromatic heterocycles. The highest BCUT2D eigenvalue weighted by Crippen LogP contribution is 2.34. The first-order valence-corrected chi connectivity index (χ1v) is 12.2. The molecule has 1 aromatic carbocycles. The average molecular weight is 389 g/mol. The van der Waals surface area contributed by atoms with E-state index in [0.717, 1.165) is 43.0 Å². The quantitative estimate of drug-likeness (QED) is 0.282. The highest BCUT2D eigenvalue weighted by Gasteiger charge is 2.20. The first kappa shape index (κ1) is 23.1. The monoisotopic (exact) mass is 388 g/mol. The van der Waals surface area contributed by atoms with Crippen LogP contribution in [0.25, 0.3) is 0 Å². The Labute approximate surface area is 174 Å². The van der Waals surface area contributed by atoms with Crippen LogP contribution in [0.3, 0.4) is 0 Å². The summed E-state index contributed by atoms with van der Waals surface area (Å²) < 4.78 is 11.6. The molecule has 1 aromatic rings. The van der Waals surface area contributed by atoms with E-state index >= 15 is 0 Å². The molecule has 0 saturated heterocycles. The highest BCUT2D eigenvalue weighted by atomic mass is 16.5. The highest BCUT2D eigenvalue weighted by molar-refractivity contribution is 5.31. The van der Waals surface area contributed by atoms with E-state index in [0.29, 0.717) is 0 Å². The van der Waals surface area contributed by atoms with Gasteiger partial charge in [-0.3, -0.25) is 0 Å². The fourth-order valence-electron chi connectivity index (χ4n) is 4.37. The maximum absolute atomic E-state index is 5.93. The van der Waals surface area contributed by atoms with Crippen molar-refractivity contribution in [2.75, 3.05) is 13.2 Å². The van der Waals surface area contributed by atoms with Crippen molar-refractivity contribution in [3.05, 3.63) is 24.3 Å². The van der Waals surface area contributed by atoms with Crippen molar-refractivity contribution in [2.45, 2.75) is 104 Å². The molecule has 160 valence electrons. The topological polar surface area (TPSA) is 18.5 Å². The first-order chi connectivity index (χ1) is 13.8. The van der Waals surface area contributed by atoms with Gasteiger partial charge >= 0.3 is 0 Å². The summed E-state index contributed by atoms with van der Waals surface area (Å²) in [4.78, 5) is 0. The lowest BCUT2D eigenvalue weighted by Gasteiger charge is -2.28. The normalized spacial score (nSPS) is 19.5. The van der Waals surface area contributed by atoms with Crippen molar-refractivity contribution >= 4 is 0 Å². The van der Waals surface area contributed by atoms with Gasteiger partial charge in [-0.05, 0) is 55.4 Å². The molecule has 2 rings (SSSR count). The fraction of sp³-hybridized carbons (Fsp3) is 0.769. The third-order valence-corrected chi connectivity index (χ3v) is 6.30. The van der Waals surface area contributed by atoms with Crippen LogP contribution in [0.5, 0.6) is 11.5 Å². The molecule has 0 amide bonds. The van der Waals surface area contributed by atoms with Crippen LogP contribution in [0, 0.1) is 11.8 Å². The predicted octanol–water partition coefficient (Wildman–Crippen LogP) is 8.19. The molecule has 0 unspecified atom stereocenters. The van der Waals surface area contributed by atoms with E-state index in [9.17, 15) is 0 Å². The summed E-state index contributed by atoms with van der Waals surface area (Å²) in [6, 6.07) is 8.11. The summed E-state index contributed by atoms with van der Waals surface area (Å²) in [5, 5.41) is 0.